The molecule has 1 aliphatic heterocycles. The molecule has 11 heteroatoms. The lowest BCUT2D eigenvalue weighted by Crippen LogP contribution is -2.55. The SMILES string of the molecule is CCC(C)(C)N(C(=O)c1ccc(Cl)c([N+](=O)[O-])c1)C1CC(=O)N(c2ccc(C(=O)OC)cc2)C1=O. The summed E-state index contributed by atoms with van der Waals surface area (Å²) in [6.45, 7) is 5.33. The van der Waals surface area contributed by atoms with Gasteiger partial charge in [-0.15, -0.1) is 0 Å². The van der Waals surface area contributed by atoms with Crippen molar-refractivity contribution in [1.82, 2.24) is 4.90 Å². The molecule has 1 heterocycles. The Bertz CT molecular complexity index is 1210. The zero-order chi connectivity index (χ0) is 26.1. The van der Waals surface area contributed by atoms with Crippen LogP contribution in [0.4, 0.5) is 11.4 Å². The van der Waals surface area contributed by atoms with Crippen LogP contribution >= 0.6 is 11.6 Å². The summed E-state index contributed by atoms with van der Waals surface area (Å²) in [6, 6.07) is 8.30. The van der Waals surface area contributed by atoms with Crippen molar-refractivity contribution in [3.05, 3.63) is 68.7 Å². The van der Waals surface area contributed by atoms with E-state index in [1.807, 2.05) is 6.92 Å². The number of nitro benzene ring substituents is 1. The van der Waals surface area contributed by atoms with E-state index in [1.165, 1.54) is 48.4 Å². The predicted octanol–water partition coefficient (Wildman–Crippen LogP) is 4.00. The van der Waals surface area contributed by atoms with Gasteiger partial charge in [0.2, 0.25) is 5.91 Å². The number of ether oxygens (including phenoxy) is 1. The Morgan fingerprint density at radius 2 is 1.77 bits per heavy atom. The first-order valence-electron chi connectivity index (χ1n) is 10.8. The standard InChI is InChI=1S/C24H24ClN3O7/c1-5-24(2,3)27(21(30)15-8-11-17(25)18(12-15)28(33)34)19-13-20(29)26(22(19)31)16-9-6-14(7-10-16)23(32)35-4/h6-12,19H,5,13H2,1-4H3. The van der Waals surface area contributed by atoms with Crippen LogP contribution in [0.2, 0.25) is 5.02 Å². The van der Waals surface area contributed by atoms with Crippen LogP contribution in [0.25, 0.3) is 0 Å². The molecule has 3 amide bonds. The number of imide groups is 1. The Hall–Kier alpha value is -3.79. The molecule has 3 rings (SSSR count). The lowest BCUT2D eigenvalue weighted by atomic mass is 9.94. The molecule has 0 spiro atoms. The summed E-state index contributed by atoms with van der Waals surface area (Å²) in [4.78, 5) is 64.6. The molecule has 0 bridgehead atoms. The summed E-state index contributed by atoms with van der Waals surface area (Å²) >= 11 is 5.89. The molecule has 1 saturated heterocycles. The minimum absolute atomic E-state index is 0.0243. The van der Waals surface area contributed by atoms with E-state index in [9.17, 15) is 29.3 Å². The number of hydrogen-bond donors (Lipinski definition) is 0. The highest BCUT2D eigenvalue weighted by Gasteiger charge is 2.48. The molecule has 1 fully saturated rings. The van der Waals surface area contributed by atoms with Crippen molar-refractivity contribution in [2.75, 3.05) is 12.0 Å². The summed E-state index contributed by atoms with van der Waals surface area (Å²) in [5, 5.41) is 11.2. The van der Waals surface area contributed by atoms with Gasteiger partial charge in [0.15, 0.2) is 0 Å². The topological polar surface area (TPSA) is 127 Å². The van der Waals surface area contributed by atoms with Crippen LogP contribution in [0, 0.1) is 10.1 Å². The molecule has 0 saturated carbocycles. The molecule has 10 nitrogen and oxygen atoms in total. The molecule has 1 atom stereocenters. The minimum Gasteiger partial charge on any atom is -0.465 e. The highest BCUT2D eigenvalue weighted by atomic mass is 35.5. The second kappa shape index (κ2) is 9.83. The van der Waals surface area contributed by atoms with Gasteiger partial charge < -0.3 is 9.64 Å². The number of esters is 1. The van der Waals surface area contributed by atoms with Crippen molar-refractivity contribution in [3.63, 3.8) is 0 Å². The first-order valence-corrected chi connectivity index (χ1v) is 11.1. The van der Waals surface area contributed by atoms with Gasteiger partial charge in [-0.25, -0.2) is 9.69 Å². The van der Waals surface area contributed by atoms with E-state index in [1.54, 1.807) is 13.8 Å². The monoisotopic (exact) mass is 501 g/mol. The van der Waals surface area contributed by atoms with Crippen molar-refractivity contribution < 1.29 is 28.8 Å². The van der Waals surface area contributed by atoms with Gasteiger partial charge in [-0.2, -0.15) is 0 Å². The number of benzene rings is 2. The summed E-state index contributed by atoms with van der Waals surface area (Å²) < 4.78 is 4.66. The normalized spacial score (nSPS) is 15.8. The van der Waals surface area contributed by atoms with Crippen molar-refractivity contribution in [2.45, 2.75) is 45.2 Å². The molecule has 0 radical (unpaired) electrons. The van der Waals surface area contributed by atoms with E-state index < -0.39 is 45.9 Å². The number of methoxy groups -OCH3 is 1. The predicted molar refractivity (Wildman–Crippen MR) is 127 cm³/mol. The Balaban J connectivity index is 2.00. The molecular weight excluding hydrogens is 478 g/mol. The number of halogens is 1. The maximum Gasteiger partial charge on any atom is 0.337 e. The first-order chi connectivity index (χ1) is 16.4. The van der Waals surface area contributed by atoms with Gasteiger partial charge in [-0.05, 0) is 56.7 Å². The van der Waals surface area contributed by atoms with Crippen LogP contribution in [0.1, 0.15) is 54.3 Å². The van der Waals surface area contributed by atoms with Gasteiger partial charge >= 0.3 is 5.97 Å². The summed E-state index contributed by atoms with van der Waals surface area (Å²) in [6.07, 6.45) is 0.183. The number of carbonyl (C=O) groups excluding carboxylic acids is 4. The number of carbonyl (C=O) groups is 4. The molecule has 2 aromatic rings. The lowest BCUT2D eigenvalue weighted by Gasteiger charge is -2.41. The summed E-state index contributed by atoms with van der Waals surface area (Å²) in [5.74, 6) is -2.32. The Morgan fingerprint density at radius 3 is 2.31 bits per heavy atom. The van der Waals surface area contributed by atoms with Gasteiger partial charge in [0.05, 0.1) is 29.7 Å². The number of rotatable bonds is 7. The lowest BCUT2D eigenvalue weighted by molar-refractivity contribution is -0.384. The number of nitrogens with zero attached hydrogens (tertiary/aromatic N) is 3. The van der Waals surface area contributed by atoms with Gasteiger partial charge in [-0.3, -0.25) is 24.5 Å². The smallest absolute Gasteiger partial charge is 0.337 e. The van der Waals surface area contributed by atoms with Crippen LogP contribution < -0.4 is 4.90 Å². The molecule has 184 valence electrons. The van der Waals surface area contributed by atoms with Crippen molar-refractivity contribution in [2.24, 2.45) is 0 Å². The van der Waals surface area contributed by atoms with Crippen LogP contribution in [-0.4, -0.2) is 52.2 Å². The van der Waals surface area contributed by atoms with E-state index in [0.717, 1.165) is 11.0 Å². The Morgan fingerprint density at radius 1 is 1.17 bits per heavy atom. The maximum absolute atomic E-state index is 13.6. The van der Waals surface area contributed by atoms with Gasteiger partial charge in [0, 0.05) is 17.2 Å². The van der Waals surface area contributed by atoms with Gasteiger partial charge in [0.1, 0.15) is 11.1 Å². The fourth-order valence-electron chi connectivity index (χ4n) is 3.89. The number of anilines is 1. The fourth-order valence-corrected chi connectivity index (χ4v) is 4.07. The third-order valence-corrected chi connectivity index (χ3v) is 6.43. The zero-order valence-electron chi connectivity index (χ0n) is 19.6. The molecule has 35 heavy (non-hydrogen) atoms. The van der Waals surface area contributed by atoms with Crippen LogP contribution in [-0.2, 0) is 14.3 Å². The van der Waals surface area contributed by atoms with E-state index in [4.69, 9.17) is 11.6 Å². The average Bonchev–Trinajstić information content (AvgIpc) is 3.11. The highest BCUT2D eigenvalue weighted by Crippen LogP contribution is 2.34. The molecule has 0 N–H and O–H groups in total. The number of hydrogen-bond acceptors (Lipinski definition) is 7. The number of amides is 3. The van der Waals surface area contributed by atoms with E-state index in [2.05, 4.69) is 4.74 Å². The van der Waals surface area contributed by atoms with Crippen molar-refractivity contribution in [3.8, 4) is 0 Å². The second-order valence-corrected chi connectivity index (χ2v) is 9.00. The quantitative estimate of drug-likeness (QED) is 0.243. The van der Waals surface area contributed by atoms with Crippen LogP contribution in [0.15, 0.2) is 42.5 Å². The molecule has 0 aromatic heterocycles. The van der Waals surface area contributed by atoms with E-state index >= 15 is 0 Å². The Kier molecular flexibility index (Phi) is 7.25. The highest BCUT2D eigenvalue weighted by molar-refractivity contribution is 6.32. The first kappa shape index (κ1) is 25.8. The Labute approximate surface area is 206 Å². The van der Waals surface area contributed by atoms with E-state index in [-0.39, 0.29) is 28.3 Å². The van der Waals surface area contributed by atoms with Crippen molar-refractivity contribution in [1.29, 1.82) is 0 Å². The maximum atomic E-state index is 13.6. The minimum atomic E-state index is -1.13. The summed E-state index contributed by atoms with van der Waals surface area (Å²) in [5.41, 5.74) is -0.826. The molecule has 0 aliphatic carbocycles. The zero-order valence-corrected chi connectivity index (χ0v) is 20.4. The van der Waals surface area contributed by atoms with E-state index in [0.29, 0.717) is 6.42 Å². The fraction of sp³-hybridized carbons (Fsp3) is 0.333. The largest absolute Gasteiger partial charge is 0.465 e. The third-order valence-electron chi connectivity index (χ3n) is 6.11. The van der Waals surface area contributed by atoms with Crippen molar-refractivity contribution >= 4 is 46.7 Å². The summed E-state index contributed by atoms with van der Waals surface area (Å²) in [7, 11) is 1.24. The van der Waals surface area contributed by atoms with Gasteiger partial charge in [-0.1, -0.05) is 18.5 Å². The molecule has 2 aromatic carbocycles. The average molecular weight is 502 g/mol. The van der Waals surface area contributed by atoms with Crippen LogP contribution in [0.5, 0.6) is 0 Å². The molecular formula is C24H24ClN3O7. The number of nitro groups is 1. The molecule has 1 aliphatic rings. The van der Waals surface area contributed by atoms with Crippen LogP contribution in [0.3, 0.4) is 0 Å². The van der Waals surface area contributed by atoms with Gasteiger partial charge in [0.25, 0.3) is 17.5 Å². The molecule has 1 unspecified atom stereocenters. The second-order valence-electron chi connectivity index (χ2n) is 8.59. The third kappa shape index (κ3) is 4.88.